The lowest BCUT2D eigenvalue weighted by Crippen LogP contribution is -2.05. The maximum absolute atomic E-state index is 12.1. The zero-order chi connectivity index (χ0) is 14.3. The van der Waals surface area contributed by atoms with Gasteiger partial charge in [-0.25, -0.2) is 4.79 Å². The summed E-state index contributed by atoms with van der Waals surface area (Å²) >= 11 is 6.15. The number of phenols is 1. The van der Waals surface area contributed by atoms with Gasteiger partial charge in [0.2, 0.25) is 0 Å². The maximum atomic E-state index is 12.1. The number of fused-ring (bicyclic) bond motifs is 3. The van der Waals surface area contributed by atoms with E-state index in [1.165, 1.54) is 12.1 Å². The number of aromatic hydroxyl groups is 1. The van der Waals surface area contributed by atoms with Crippen molar-refractivity contribution < 1.29 is 14.6 Å². The Bertz CT molecular complexity index is 867. The number of hydrogen-bond donors (Lipinski definition) is 2. The molecular weight excluding hydrogens is 280 g/mol. The summed E-state index contributed by atoms with van der Waals surface area (Å²) in [5.41, 5.74) is 0.455. The van der Waals surface area contributed by atoms with E-state index in [2.05, 4.69) is 0 Å². The van der Waals surface area contributed by atoms with E-state index in [1.54, 1.807) is 18.2 Å². The van der Waals surface area contributed by atoms with Crippen molar-refractivity contribution in [3.8, 4) is 5.75 Å². The Labute approximate surface area is 118 Å². The molecule has 1 aromatic heterocycles. The molecule has 1 heterocycles. The van der Waals surface area contributed by atoms with Crippen LogP contribution in [0.15, 0.2) is 39.5 Å². The zero-order valence-corrected chi connectivity index (χ0v) is 11.1. The summed E-state index contributed by atoms with van der Waals surface area (Å²) in [6.07, 6.45) is 0.364. The molecule has 0 saturated heterocycles. The van der Waals surface area contributed by atoms with Gasteiger partial charge < -0.3 is 14.6 Å². The van der Waals surface area contributed by atoms with E-state index in [0.29, 0.717) is 33.2 Å². The summed E-state index contributed by atoms with van der Waals surface area (Å²) in [4.78, 5) is 12.1. The lowest BCUT2D eigenvalue weighted by atomic mass is 10.0. The Morgan fingerprint density at radius 2 is 2.00 bits per heavy atom. The Balaban J connectivity index is 2.54. The summed E-state index contributed by atoms with van der Waals surface area (Å²) < 4.78 is 5.24. The normalized spacial score (nSPS) is 11.3. The minimum atomic E-state index is -0.502. The van der Waals surface area contributed by atoms with Gasteiger partial charge in [-0.15, -0.1) is 0 Å². The number of hydrogen-bond acceptors (Lipinski definition) is 4. The van der Waals surface area contributed by atoms with Crippen LogP contribution in [0, 0.1) is 0 Å². The second-order valence-corrected chi connectivity index (χ2v) is 4.91. The molecule has 0 unspecified atom stereocenters. The van der Waals surface area contributed by atoms with Crippen molar-refractivity contribution in [1.82, 2.24) is 0 Å². The third-order valence-electron chi connectivity index (χ3n) is 3.25. The first-order valence-corrected chi connectivity index (χ1v) is 6.47. The maximum Gasteiger partial charge on any atom is 0.344 e. The van der Waals surface area contributed by atoms with Crippen LogP contribution in [-0.2, 0) is 6.42 Å². The van der Waals surface area contributed by atoms with Gasteiger partial charge in [0.25, 0.3) is 0 Å². The number of aliphatic hydroxyl groups excluding tert-OH is 1. The minimum Gasteiger partial charge on any atom is -0.508 e. The quantitative estimate of drug-likeness (QED) is 0.562. The molecule has 0 aliphatic heterocycles. The molecule has 0 spiro atoms. The van der Waals surface area contributed by atoms with Crippen LogP contribution in [0.25, 0.3) is 21.7 Å². The minimum absolute atomic E-state index is 0.0557. The van der Waals surface area contributed by atoms with Gasteiger partial charge in [-0.3, -0.25) is 0 Å². The molecule has 3 aromatic rings. The first-order valence-electron chi connectivity index (χ1n) is 6.09. The zero-order valence-electron chi connectivity index (χ0n) is 10.4. The lowest BCUT2D eigenvalue weighted by molar-refractivity contribution is 0.300. The van der Waals surface area contributed by atoms with E-state index < -0.39 is 5.63 Å². The fourth-order valence-electron chi connectivity index (χ4n) is 2.44. The van der Waals surface area contributed by atoms with Crippen molar-refractivity contribution in [3.63, 3.8) is 0 Å². The van der Waals surface area contributed by atoms with Crippen LogP contribution in [0.4, 0.5) is 0 Å². The number of aliphatic hydroxyl groups is 1. The Morgan fingerprint density at radius 1 is 1.20 bits per heavy atom. The average Bonchev–Trinajstić information content (AvgIpc) is 2.38. The van der Waals surface area contributed by atoms with Crippen LogP contribution >= 0.6 is 11.6 Å². The molecule has 3 rings (SSSR count). The van der Waals surface area contributed by atoms with Gasteiger partial charge in [-0.05, 0) is 18.1 Å². The van der Waals surface area contributed by atoms with Crippen LogP contribution in [0.5, 0.6) is 5.75 Å². The number of phenolic OH excluding ortho intramolecular Hbond substituents is 1. The van der Waals surface area contributed by atoms with Gasteiger partial charge in [0.1, 0.15) is 11.3 Å². The Morgan fingerprint density at radius 3 is 2.75 bits per heavy atom. The number of benzene rings is 2. The average molecular weight is 291 g/mol. The molecule has 0 atom stereocenters. The summed E-state index contributed by atoms with van der Waals surface area (Å²) in [6, 6.07) is 8.12. The van der Waals surface area contributed by atoms with E-state index in [0.717, 1.165) is 0 Å². The molecule has 0 saturated carbocycles. The van der Waals surface area contributed by atoms with Gasteiger partial charge in [0.05, 0.1) is 10.4 Å². The van der Waals surface area contributed by atoms with Crippen molar-refractivity contribution in [1.29, 1.82) is 0 Å². The summed E-state index contributed by atoms with van der Waals surface area (Å²) in [5.74, 6) is -0.0588. The second-order valence-electron chi connectivity index (χ2n) is 4.50. The van der Waals surface area contributed by atoms with E-state index in [-0.39, 0.29) is 17.9 Å². The van der Waals surface area contributed by atoms with Crippen LogP contribution < -0.4 is 5.63 Å². The number of halogens is 1. The lowest BCUT2D eigenvalue weighted by Gasteiger charge is -2.08. The van der Waals surface area contributed by atoms with Crippen molar-refractivity contribution in [2.45, 2.75) is 6.42 Å². The SMILES string of the molecule is O=c1oc2cc(O)cc(Cl)c2c2cccc(CCO)c12. The third-order valence-corrected chi connectivity index (χ3v) is 3.54. The van der Waals surface area contributed by atoms with Gasteiger partial charge in [-0.1, -0.05) is 29.8 Å². The predicted molar refractivity (Wildman–Crippen MR) is 77.5 cm³/mol. The molecule has 4 nitrogen and oxygen atoms in total. The molecule has 0 aliphatic carbocycles. The van der Waals surface area contributed by atoms with E-state index in [1.807, 2.05) is 0 Å². The van der Waals surface area contributed by atoms with Gasteiger partial charge in [0.15, 0.2) is 0 Å². The molecule has 2 N–H and O–H groups in total. The molecule has 2 aromatic carbocycles. The molecule has 20 heavy (non-hydrogen) atoms. The first-order chi connectivity index (χ1) is 9.61. The highest BCUT2D eigenvalue weighted by Crippen LogP contribution is 2.33. The molecule has 0 amide bonds. The highest BCUT2D eigenvalue weighted by Gasteiger charge is 2.14. The van der Waals surface area contributed by atoms with Gasteiger partial charge >= 0.3 is 5.63 Å². The van der Waals surface area contributed by atoms with Crippen LogP contribution in [-0.4, -0.2) is 16.8 Å². The summed E-state index contributed by atoms with van der Waals surface area (Å²) in [7, 11) is 0. The van der Waals surface area contributed by atoms with Crippen molar-refractivity contribution in [2.75, 3.05) is 6.61 Å². The van der Waals surface area contributed by atoms with Crippen molar-refractivity contribution >= 4 is 33.3 Å². The molecule has 5 heteroatoms. The highest BCUT2D eigenvalue weighted by molar-refractivity contribution is 6.37. The summed E-state index contributed by atoms with van der Waals surface area (Å²) in [6.45, 7) is -0.0557. The molecule has 0 fully saturated rings. The monoisotopic (exact) mass is 290 g/mol. The topological polar surface area (TPSA) is 70.7 Å². The number of rotatable bonds is 2. The molecule has 0 aliphatic rings. The fourth-order valence-corrected chi connectivity index (χ4v) is 2.75. The van der Waals surface area contributed by atoms with E-state index in [9.17, 15) is 9.90 Å². The van der Waals surface area contributed by atoms with Gasteiger partial charge in [0, 0.05) is 23.4 Å². The Kier molecular flexibility index (Phi) is 3.12. The van der Waals surface area contributed by atoms with Crippen molar-refractivity contribution in [2.24, 2.45) is 0 Å². The summed E-state index contributed by atoms with van der Waals surface area (Å²) in [5, 5.41) is 20.6. The molecule has 102 valence electrons. The second kappa shape index (κ2) is 4.81. The molecular formula is C15H11ClO4. The highest BCUT2D eigenvalue weighted by atomic mass is 35.5. The van der Waals surface area contributed by atoms with Gasteiger partial charge in [-0.2, -0.15) is 0 Å². The Hall–Kier alpha value is -2.04. The van der Waals surface area contributed by atoms with Crippen molar-refractivity contribution in [3.05, 3.63) is 51.3 Å². The largest absolute Gasteiger partial charge is 0.508 e. The molecule has 0 radical (unpaired) electrons. The van der Waals surface area contributed by atoms with E-state index >= 15 is 0 Å². The van der Waals surface area contributed by atoms with E-state index in [4.69, 9.17) is 21.1 Å². The smallest absolute Gasteiger partial charge is 0.344 e. The fraction of sp³-hybridized carbons (Fsp3) is 0.133. The third kappa shape index (κ3) is 1.94. The standard InChI is InChI=1S/C15H11ClO4/c16-11-6-9(18)7-12-14(11)10-3-1-2-8(4-5-17)13(10)15(19)20-12/h1-3,6-7,17-18H,4-5H2. The van der Waals surface area contributed by atoms with Crippen LogP contribution in [0.1, 0.15) is 5.56 Å². The van der Waals surface area contributed by atoms with Crippen LogP contribution in [0.2, 0.25) is 5.02 Å². The molecule has 0 bridgehead atoms. The first kappa shape index (κ1) is 13.0. The predicted octanol–water partition coefficient (Wildman–Crippen LogP) is 2.84. The van der Waals surface area contributed by atoms with Crippen LogP contribution in [0.3, 0.4) is 0 Å².